The van der Waals surface area contributed by atoms with Crippen LogP contribution in [0.25, 0.3) is 12.2 Å². The third-order valence-corrected chi connectivity index (χ3v) is 6.47. The molecule has 0 aromatic heterocycles. The largest absolute Gasteiger partial charge is 0.504 e. The monoisotopic (exact) mass is 624 g/mol. The van der Waals surface area contributed by atoms with Gasteiger partial charge in [-0.2, -0.15) is 0 Å². The summed E-state index contributed by atoms with van der Waals surface area (Å²) in [7, 11) is 0. The SMILES string of the molecule is O=C(C=Cc1ccc(O)c(O)c1)OCC1OC(Oc2ccccc2C(=O)O)C(O)C(OC(=O)C=Cc2ccc(O)c(O)c2)C1O. The van der Waals surface area contributed by atoms with E-state index in [0.717, 1.165) is 12.2 Å². The minimum absolute atomic E-state index is 0.210. The molecule has 0 bridgehead atoms. The van der Waals surface area contributed by atoms with Crippen LogP contribution in [0.2, 0.25) is 0 Å². The summed E-state index contributed by atoms with van der Waals surface area (Å²) in [4.78, 5) is 36.7. The van der Waals surface area contributed by atoms with Crippen LogP contribution in [0.5, 0.6) is 28.7 Å². The second-order valence-corrected chi connectivity index (χ2v) is 9.64. The Morgan fingerprint density at radius 3 is 1.91 bits per heavy atom. The zero-order chi connectivity index (χ0) is 32.7. The molecule has 0 aliphatic carbocycles. The van der Waals surface area contributed by atoms with Gasteiger partial charge in [-0.1, -0.05) is 24.3 Å². The van der Waals surface area contributed by atoms with E-state index in [9.17, 15) is 50.1 Å². The van der Waals surface area contributed by atoms with Crippen LogP contribution in [0.3, 0.4) is 0 Å². The fourth-order valence-corrected chi connectivity index (χ4v) is 4.15. The second kappa shape index (κ2) is 14.3. The molecule has 1 fully saturated rings. The van der Waals surface area contributed by atoms with Crippen LogP contribution < -0.4 is 4.74 Å². The van der Waals surface area contributed by atoms with Crippen LogP contribution in [0.4, 0.5) is 0 Å². The van der Waals surface area contributed by atoms with Gasteiger partial charge in [0.15, 0.2) is 35.2 Å². The van der Waals surface area contributed by atoms with E-state index in [0.29, 0.717) is 11.1 Å². The van der Waals surface area contributed by atoms with Gasteiger partial charge < -0.3 is 54.7 Å². The fraction of sp³-hybridized carbons (Fsp3) is 0.194. The number of carboxylic acids is 1. The van der Waals surface area contributed by atoms with Gasteiger partial charge in [0.1, 0.15) is 30.1 Å². The van der Waals surface area contributed by atoms with Gasteiger partial charge in [-0.3, -0.25) is 0 Å². The molecule has 0 saturated carbocycles. The number of aliphatic hydroxyl groups is 2. The molecule has 14 heteroatoms. The van der Waals surface area contributed by atoms with Crippen molar-refractivity contribution in [3.63, 3.8) is 0 Å². The van der Waals surface area contributed by atoms with Gasteiger partial charge in [0.2, 0.25) is 6.29 Å². The van der Waals surface area contributed by atoms with Crippen molar-refractivity contribution >= 4 is 30.1 Å². The maximum absolute atomic E-state index is 12.6. The predicted octanol–water partition coefficient (Wildman–Crippen LogP) is 1.91. The molecular formula is C31H28O14. The zero-order valence-electron chi connectivity index (χ0n) is 23.2. The number of hydrogen-bond donors (Lipinski definition) is 7. The molecule has 3 aromatic carbocycles. The first-order valence-corrected chi connectivity index (χ1v) is 13.2. The van der Waals surface area contributed by atoms with Gasteiger partial charge in [-0.25, -0.2) is 14.4 Å². The van der Waals surface area contributed by atoms with E-state index in [-0.39, 0.29) is 22.8 Å². The van der Waals surface area contributed by atoms with Crippen molar-refractivity contribution in [2.45, 2.75) is 30.7 Å². The van der Waals surface area contributed by atoms with E-state index >= 15 is 0 Å². The summed E-state index contributed by atoms with van der Waals surface area (Å²) >= 11 is 0. The number of hydrogen-bond acceptors (Lipinski definition) is 13. The highest BCUT2D eigenvalue weighted by Gasteiger charge is 2.48. The number of para-hydroxylation sites is 1. The molecule has 5 unspecified atom stereocenters. The first-order valence-electron chi connectivity index (χ1n) is 13.2. The van der Waals surface area contributed by atoms with Gasteiger partial charge in [-0.05, 0) is 59.7 Å². The molecule has 1 aliphatic rings. The van der Waals surface area contributed by atoms with Crippen molar-refractivity contribution in [2.24, 2.45) is 0 Å². The van der Waals surface area contributed by atoms with Crippen molar-refractivity contribution in [3.05, 3.63) is 89.5 Å². The smallest absolute Gasteiger partial charge is 0.339 e. The molecule has 1 heterocycles. The average molecular weight is 625 g/mol. The number of aliphatic hydroxyl groups excluding tert-OH is 2. The topological polar surface area (TPSA) is 230 Å². The van der Waals surface area contributed by atoms with Gasteiger partial charge in [0.25, 0.3) is 0 Å². The first-order chi connectivity index (χ1) is 21.4. The highest BCUT2D eigenvalue weighted by Crippen LogP contribution is 2.30. The highest BCUT2D eigenvalue weighted by molar-refractivity contribution is 5.91. The summed E-state index contributed by atoms with van der Waals surface area (Å²) < 4.78 is 21.7. The Balaban J connectivity index is 1.51. The number of esters is 2. The molecular weight excluding hydrogens is 596 g/mol. The number of benzene rings is 3. The lowest BCUT2D eigenvalue weighted by atomic mass is 9.98. The van der Waals surface area contributed by atoms with Crippen molar-refractivity contribution in [1.29, 1.82) is 0 Å². The maximum atomic E-state index is 12.6. The summed E-state index contributed by atoms with van der Waals surface area (Å²) in [6, 6.07) is 13.0. The molecule has 0 radical (unpaired) electrons. The number of carboxylic acid groups (broad SMARTS) is 1. The minimum atomic E-state index is -1.86. The van der Waals surface area contributed by atoms with Crippen LogP contribution >= 0.6 is 0 Å². The number of carbonyl (C=O) groups is 3. The van der Waals surface area contributed by atoms with Crippen LogP contribution in [0.1, 0.15) is 21.5 Å². The number of phenols is 4. The number of carbonyl (C=O) groups excluding carboxylic acids is 2. The lowest BCUT2D eigenvalue weighted by molar-refractivity contribution is -0.281. The molecule has 3 aromatic rings. The third kappa shape index (κ3) is 8.29. The Labute approximate surface area is 254 Å². The average Bonchev–Trinajstić information content (AvgIpc) is 3.01. The number of aromatic carboxylic acids is 1. The minimum Gasteiger partial charge on any atom is -0.504 e. The van der Waals surface area contributed by atoms with E-state index < -0.39 is 66.7 Å². The number of ether oxygens (including phenoxy) is 4. The van der Waals surface area contributed by atoms with Gasteiger partial charge >= 0.3 is 17.9 Å². The van der Waals surface area contributed by atoms with E-state index in [1.54, 1.807) is 0 Å². The lowest BCUT2D eigenvalue weighted by Gasteiger charge is -2.41. The number of rotatable bonds is 10. The standard InChI is InChI=1S/C31H28O14/c32-19-9-5-16(13-21(19)34)7-11-25(36)42-15-24-27(38)29(45-26(37)12-8-17-6-10-20(33)22(35)14-17)28(39)31(44-24)43-23-4-2-1-3-18(23)30(40)41/h1-14,24,27-29,31-35,38-39H,15H2,(H,40,41). The van der Waals surface area contributed by atoms with Crippen molar-refractivity contribution in [3.8, 4) is 28.7 Å². The van der Waals surface area contributed by atoms with Gasteiger partial charge in [-0.15, -0.1) is 0 Å². The Morgan fingerprint density at radius 2 is 1.33 bits per heavy atom. The molecule has 1 saturated heterocycles. The molecule has 14 nitrogen and oxygen atoms in total. The van der Waals surface area contributed by atoms with E-state index in [2.05, 4.69) is 0 Å². The molecule has 5 atom stereocenters. The molecule has 7 N–H and O–H groups in total. The summed E-state index contributed by atoms with van der Waals surface area (Å²) in [5, 5.41) is 69.5. The van der Waals surface area contributed by atoms with Crippen LogP contribution in [0.15, 0.2) is 72.8 Å². The highest BCUT2D eigenvalue weighted by atomic mass is 16.7. The Bertz CT molecular complexity index is 1610. The molecule has 0 spiro atoms. The Morgan fingerprint density at radius 1 is 0.756 bits per heavy atom. The Kier molecular flexibility index (Phi) is 10.3. The number of phenolic OH excluding ortho intramolecular Hbond substituents is 4. The quantitative estimate of drug-likeness (QED) is 0.0971. The second-order valence-electron chi connectivity index (χ2n) is 9.64. The number of aromatic hydroxyl groups is 4. The first kappa shape index (κ1) is 32.3. The lowest BCUT2D eigenvalue weighted by Crippen LogP contribution is -2.61. The van der Waals surface area contributed by atoms with Crippen LogP contribution in [0, 0.1) is 0 Å². The maximum Gasteiger partial charge on any atom is 0.339 e. The molecule has 0 amide bonds. The normalized spacial score (nSPS) is 21.4. The predicted molar refractivity (Wildman–Crippen MR) is 153 cm³/mol. The molecule has 236 valence electrons. The van der Waals surface area contributed by atoms with Crippen LogP contribution in [-0.4, -0.2) is 91.0 Å². The molecule has 1 aliphatic heterocycles. The van der Waals surface area contributed by atoms with Crippen molar-refractivity contribution < 1.29 is 69.1 Å². The van der Waals surface area contributed by atoms with Crippen LogP contribution in [-0.2, 0) is 23.8 Å². The summed E-state index contributed by atoms with van der Waals surface area (Å²) in [6.45, 7) is -0.630. The molecule has 45 heavy (non-hydrogen) atoms. The third-order valence-electron chi connectivity index (χ3n) is 6.47. The summed E-state index contributed by atoms with van der Waals surface area (Å²) in [6.07, 6.45) is -4.05. The van der Waals surface area contributed by atoms with Gasteiger partial charge in [0, 0.05) is 12.2 Å². The summed E-state index contributed by atoms with van der Waals surface area (Å²) in [5.74, 6) is -5.08. The van der Waals surface area contributed by atoms with E-state index in [1.807, 2.05) is 0 Å². The van der Waals surface area contributed by atoms with Crippen molar-refractivity contribution in [1.82, 2.24) is 0 Å². The van der Waals surface area contributed by atoms with Crippen molar-refractivity contribution in [2.75, 3.05) is 6.61 Å². The zero-order valence-corrected chi connectivity index (χ0v) is 23.2. The van der Waals surface area contributed by atoms with E-state index in [4.69, 9.17) is 18.9 Å². The Hall–Kier alpha value is -5.57. The molecule has 4 rings (SSSR count). The van der Waals surface area contributed by atoms with E-state index in [1.165, 1.54) is 72.8 Å². The van der Waals surface area contributed by atoms with Gasteiger partial charge in [0.05, 0.1) is 0 Å². The fourth-order valence-electron chi connectivity index (χ4n) is 4.15. The summed E-state index contributed by atoms with van der Waals surface area (Å²) in [5.41, 5.74) is 0.385.